The van der Waals surface area contributed by atoms with Crippen LogP contribution in [-0.2, 0) is 6.42 Å². The van der Waals surface area contributed by atoms with Crippen LogP contribution in [0.5, 0.6) is 0 Å². The molecule has 0 bridgehead atoms. The Hall–Kier alpha value is -1.63. The van der Waals surface area contributed by atoms with E-state index in [2.05, 4.69) is 62.2 Å². The normalized spacial score (nSPS) is 23.1. The number of benzene rings is 1. The molecule has 3 atom stereocenters. The quantitative estimate of drug-likeness (QED) is 0.474. The zero-order chi connectivity index (χ0) is 18.4. The van der Waals surface area contributed by atoms with Crippen molar-refractivity contribution in [3.8, 4) is 11.3 Å². The summed E-state index contributed by atoms with van der Waals surface area (Å²) in [6, 6.07) is 13.6. The molecule has 1 aliphatic rings. The Morgan fingerprint density at radius 2 is 1.77 bits per heavy atom. The third-order valence-electron chi connectivity index (χ3n) is 6.44. The molecule has 1 fully saturated rings. The number of aryl methyl sites for hydroxylation is 1. The number of rotatable bonds is 7. The van der Waals surface area contributed by atoms with Crippen molar-refractivity contribution in [1.82, 2.24) is 4.98 Å². The molecular formula is C25H35N. The fourth-order valence-corrected chi connectivity index (χ4v) is 4.58. The van der Waals surface area contributed by atoms with E-state index in [-0.39, 0.29) is 0 Å². The molecule has 1 saturated carbocycles. The molecule has 0 amide bonds. The zero-order valence-electron chi connectivity index (χ0n) is 16.9. The number of pyridine rings is 1. The van der Waals surface area contributed by atoms with Crippen LogP contribution in [0.2, 0.25) is 0 Å². The molecule has 0 radical (unpaired) electrons. The summed E-state index contributed by atoms with van der Waals surface area (Å²) in [5, 5.41) is 0. The predicted molar refractivity (Wildman–Crippen MR) is 112 cm³/mol. The first kappa shape index (κ1) is 19.1. The molecule has 0 aliphatic heterocycles. The molecule has 1 aliphatic carbocycles. The van der Waals surface area contributed by atoms with Crippen molar-refractivity contribution in [2.45, 2.75) is 78.1 Å². The summed E-state index contributed by atoms with van der Waals surface area (Å²) in [6.45, 7) is 6.96. The number of hydrogen-bond donors (Lipinski definition) is 0. The minimum Gasteiger partial charge on any atom is -0.256 e. The van der Waals surface area contributed by atoms with Crippen LogP contribution in [0.25, 0.3) is 11.3 Å². The maximum Gasteiger partial charge on any atom is 0.0702 e. The average molecular weight is 350 g/mol. The second kappa shape index (κ2) is 9.35. The van der Waals surface area contributed by atoms with Gasteiger partial charge in [0, 0.05) is 11.8 Å². The molecule has 140 valence electrons. The molecule has 0 N–H and O–H groups in total. The Labute approximate surface area is 160 Å². The average Bonchev–Trinajstić information content (AvgIpc) is 2.69. The maximum atomic E-state index is 4.62. The van der Waals surface area contributed by atoms with E-state index < -0.39 is 0 Å². The van der Waals surface area contributed by atoms with Crippen molar-refractivity contribution < 1.29 is 0 Å². The van der Waals surface area contributed by atoms with Gasteiger partial charge in [-0.1, -0.05) is 76.8 Å². The second-order valence-corrected chi connectivity index (χ2v) is 8.27. The lowest BCUT2D eigenvalue weighted by molar-refractivity contribution is 0.215. The van der Waals surface area contributed by atoms with E-state index in [4.69, 9.17) is 0 Å². The van der Waals surface area contributed by atoms with Gasteiger partial charge in [0.1, 0.15) is 0 Å². The smallest absolute Gasteiger partial charge is 0.0702 e. The van der Waals surface area contributed by atoms with E-state index in [0.717, 1.165) is 29.9 Å². The summed E-state index contributed by atoms with van der Waals surface area (Å²) < 4.78 is 0. The third-order valence-corrected chi connectivity index (χ3v) is 6.44. The van der Waals surface area contributed by atoms with E-state index in [1.165, 1.54) is 61.6 Å². The maximum absolute atomic E-state index is 4.62. The van der Waals surface area contributed by atoms with Gasteiger partial charge < -0.3 is 0 Å². The topological polar surface area (TPSA) is 12.9 Å². The molecule has 1 heterocycles. The highest BCUT2D eigenvalue weighted by molar-refractivity contribution is 5.59. The van der Waals surface area contributed by atoms with Gasteiger partial charge in [-0.15, -0.1) is 0 Å². The minimum atomic E-state index is 0.747. The third kappa shape index (κ3) is 4.75. The van der Waals surface area contributed by atoms with E-state index >= 15 is 0 Å². The fourth-order valence-electron chi connectivity index (χ4n) is 4.58. The first-order chi connectivity index (χ1) is 12.7. The largest absolute Gasteiger partial charge is 0.256 e. The van der Waals surface area contributed by atoms with Gasteiger partial charge in [0.05, 0.1) is 5.69 Å². The molecule has 1 nitrogen and oxygen atoms in total. The molecule has 1 aromatic carbocycles. The van der Waals surface area contributed by atoms with Crippen molar-refractivity contribution >= 4 is 0 Å². The van der Waals surface area contributed by atoms with Gasteiger partial charge in [0.25, 0.3) is 0 Å². The number of aromatic nitrogens is 1. The predicted octanol–water partition coefficient (Wildman–Crippen LogP) is 7.41. The highest BCUT2D eigenvalue weighted by Crippen LogP contribution is 2.41. The molecular weight excluding hydrogens is 314 g/mol. The Morgan fingerprint density at radius 3 is 2.38 bits per heavy atom. The highest BCUT2D eigenvalue weighted by Gasteiger charge is 2.27. The number of unbranched alkanes of at least 4 members (excludes halogenated alkanes) is 2. The molecule has 26 heavy (non-hydrogen) atoms. The number of nitrogens with zero attached hydrogens (tertiary/aromatic N) is 1. The summed E-state index contributed by atoms with van der Waals surface area (Å²) in [5.41, 5.74) is 5.15. The highest BCUT2D eigenvalue weighted by atomic mass is 14.7. The van der Waals surface area contributed by atoms with Crippen molar-refractivity contribution in [1.29, 1.82) is 0 Å². The fraction of sp³-hybridized carbons (Fsp3) is 0.560. The minimum absolute atomic E-state index is 0.747. The van der Waals surface area contributed by atoms with Crippen LogP contribution in [0.1, 0.15) is 82.8 Å². The standard InChI is InChI=1S/C25H35N/c1-4-6-7-8-21-10-15-24(17-19(21)3)22-11-13-23(14-12-22)25-16-9-20(5-2)18-26-25/h9,11-14,16,18-19,21,24H,4-8,10,15,17H2,1-3H3/t19-,21-,24+/m0/s1. The van der Waals surface area contributed by atoms with Gasteiger partial charge >= 0.3 is 0 Å². The first-order valence-corrected chi connectivity index (χ1v) is 10.8. The Kier molecular flexibility index (Phi) is 6.88. The molecule has 0 saturated heterocycles. The van der Waals surface area contributed by atoms with E-state index in [1.807, 2.05) is 6.20 Å². The van der Waals surface area contributed by atoms with Crippen LogP contribution in [0.3, 0.4) is 0 Å². The van der Waals surface area contributed by atoms with Crippen LogP contribution in [0.15, 0.2) is 42.6 Å². The van der Waals surface area contributed by atoms with E-state index in [0.29, 0.717) is 0 Å². The van der Waals surface area contributed by atoms with Gasteiger partial charge in [-0.25, -0.2) is 0 Å². The van der Waals surface area contributed by atoms with E-state index in [1.54, 1.807) is 0 Å². The van der Waals surface area contributed by atoms with Crippen molar-refractivity contribution in [2.75, 3.05) is 0 Å². The summed E-state index contributed by atoms with van der Waals surface area (Å²) in [6.07, 6.45) is 12.8. The van der Waals surface area contributed by atoms with E-state index in [9.17, 15) is 0 Å². The van der Waals surface area contributed by atoms with Gasteiger partial charge in [-0.3, -0.25) is 4.98 Å². The van der Waals surface area contributed by atoms with Crippen LogP contribution < -0.4 is 0 Å². The van der Waals surface area contributed by atoms with Gasteiger partial charge in [0.15, 0.2) is 0 Å². The molecule has 1 aromatic heterocycles. The lowest BCUT2D eigenvalue weighted by Gasteiger charge is -2.34. The van der Waals surface area contributed by atoms with Crippen molar-refractivity contribution in [3.63, 3.8) is 0 Å². The first-order valence-electron chi connectivity index (χ1n) is 10.8. The summed E-state index contributed by atoms with van der Waals surface area (Å²) in [4.78, 5) is 4.62. The van der Waals surface area contributed by atoms with Crippen LogP contribution in [0, 0.1) is 11.8 Å². The van der Waals surface area contributed by atoms with Crippen LogP contribution >= 0.6 is 0 Å². The number of hydrogen-bond acceptors (Lipinski definition) is 1. The van der Waals surface area contributed by atoms with Crippen molar-refractivity contribution in [3.05, 3.63) is 53.7 Å². The van der Waals surface area contributed by atoms with Gasteiger partial charge in [-0.05, 0) is 60.6 Å². The Bertz CT molecular complexity index is 656. The lowest BCUT2D eigenvalue weighted by atomic mass is 9.71. The van der Waals surface area contributed by atoms with Crippen LogP contribution in [-0.4, -0.2) is 4.98 Å². The van der Waals surface area contributed by atoms with Gasteiger partial charge in [-0.2, -0.15) is 0 Å². The zero-order valence-corrected chi connectivity index (χ0v) is 16.9. The van der Waals surface area contributed by atoms with Gasteiger partial charge in [0.2, 0.25) is 0 Å². The molecule has 1 heteroatoms. The molecule has 2 aromatic rings. The lowest BCUT2D eigenvalue weighted by Crippen LogP contribution is -2.22. The Balaban J connectivity index is 1.60. The molecule has 0 spiro atoms. The Morgan fingerprint density at radius 1 is 0.962 bits per heavy atom. The molecule has 0 unspecified atom stereocenters. The second-order valence-electron chi connectivity index (χ2n) is 8.27. The monoisotopic (exact) mass is 349 g/mol. The SMILES string of the molecule is CCCCC[C@H]1CC[C@@H](c2ccc(-c3ccc(CC)cn3)cc2)C[C@@H]1C. The van der Waals surface area contributed by atoms with Crippen LogP contribution in [0.4, 0.5) is 0 Å². The summed E-state index contributed by atoms with van der Waals surface area (Å²) in [5.74, 6) is 2.57. The molecule has 3 rings (SSSR count). The summed E-state index contributed by atoms with van der Waals surface area (Å²) >= 11 is 0. The van der Waals surface area contributed by atoms with Crippen molar-refractivity contribution in [2.24, 2.45) is 11.8 Å². The summed E-state index contributed by atoms with van der Waals surface area (Å²) in [7, 11) is 0.